The maximum atomic E-state index is 12.6. The Kier molecular flexibility index (Phi) is 6.45. The molecule has 1 aliphatic rings. The molecule has 1 N–H and O–H groups in total. The molecule has 7 nitrogen and oxygen atoms in total. The van der Waals surface area contributed by atoms with Crippen molar-refractivity contribution in [2.24, 2.45) is 0 Å². The van der Waals surface area contributed by atoms with Crippen molar-refractivity contribution in [3.63, 3.8) is 0 Å². The molecule has 0 aliphatic carbocycles. The first kappa shape index (κ1) is 22.3. The lowest BCUT2D eigenvalue weighted by Crippen LogP contribution is -2.30. The maximum Gasteiger partial charge on any atom is 0.263 e. The number of carbonyl (C=O) groups is 1. The molecule has 1 aliphatic heterocycles. The van der Waals surface area contributed by atoms with Gasteiger partial charge in [-0.3, -0.25) is 4.79 Å². The van der Waals surface area contributed by atoms with Gasteiger partial charge in [0.05, 0.1) is 0 Å². The van der Waals surface area contributed by atoms with Crippen LogP contribution in [0.4, 0.5) is 11.5 Å². The third kappa shape index (κ3) is 4.75. The number of amides is 1. The lowest BCUT2D eigenvalue weighted by molar-refractivity contribution is -0.116. The smallest absolute Gasteiger partial charge is 0.263 e. The number of rotatable bonds is 6. The van der Waals surface area contributed by atoms with Gasteiger partial charge in [0.1, 0.15) is 22.7 Å². The number of aryl methyl sites for hydroxylation is 2. The molecule has 1 amide bonds. The Morgan fingerprint density at radius 1 is 1.09 bits per heavy atom. The molecule has 1 fully saturated rings. The van der Waals surface area contributed by atoms with Crippen molar-refractivity contribution in [3.8, 4) is 11.3 Å². The first-order valence-electron chi connectivity index (χ1n) is 11.6. The summed E-state index contributed by atoms with van der Waals surface area (Å²) >= 11 is 6.07. The van der Waals surface area contributed by atoms with Gasteiger partial charge in [-0.05, 0) is 43.9 Å². The van der Waals surface area contributed by atoms with E-state index in [1.54, 1.807) is 12.1 Å². The van der Waals surface area contributed by atoms with Gasteiger partial charge >= 0.3 is 0 Å². The summed E-state index contributed by atoms with van der Waals surface area (Å²) in [7, 11) is 0. The molecule has 2 aromatic heterocycles. The summed E-state index contributed by atoms with van der Waals surface area (Å²) in [4.78, 5) is 24.4. The molecule has 174 valence electrons. The van der Waals surface area contributed by atoms with Crippen LogP contribution in [0, 0.1) is 6.92 Å². The Bertz CT molecular complexity index is 1320. The van der Waals surface area contributed by atoms with Crippen LogP contribution < -0.4 is 10.2 Å². The number of fused-ring (bicyclic) bond motifs is 1. The highest BCUT2D eigenvalue weighted by atomic mass is 35.5. The fourth-order valence-corrected chi connectivity index (χ4v) is 4.46. The average Bonchev–Trinajstić information content (AvgIpc) is 3.30. The first-order valence-corrected chi connectivity index (χ1v) is 12.0. The Labute approximate surface area is 203 Å². The first-order chi connectivity index (χ1) is 16.6. The standard InChI is InChI=1S/C26H26ClN5O2/c1-17-10-11-19(27)16-20(17)28-22(33)13-12-21-29-25(32-14-6-3-7-15-32)23-24(31-34-26(23)30-21)18-8-4-2-5-9-18/h2,4-5,8-11,16H,3,6-7,12-15H2,1H3,(H,28,33). The fourth-order valence-electron chi connectivity index (χ4n) is 4.29. The number of nitrogens with one attached hydrogen (secondary N) is 1. The molecule has 0 radical (unpaired) electrons. The van der Waals surface area contributed by atoms with Crippen molar-refractivity contribution in [2.45, 2.75) is 39.0 Å². The molecule has 0 saturated carbocycles. The molecule has 4 aromatic rings. The lowest BCUT2D eigenvalue weighted by atomic mass is 10.1. The summed E-state index contributed by atoms with van der Waals surface area (Å²) < 4.78 is 5.66. The monoisotopic (exact) mass is 475 g/mol. The quantitative estimate of drug-likeness (QED) is 0.379. The van der Waals surface area contributed by atoms with E-state index in [0.29, 0.717) is 28.7 Å². The van der Waals surface area contributed by atoms with Crippen LogP contribution in [0.2, 0.25) is 5.02 Å². The summed E-state index contributed by atoms with van der Waals surface area (Å²) in [5, 5.41) is 8.69. The second-order valence-corrected chi connectivity index (χ2v) is 9.03. The molecular formula is C26H26ClN5O2. The topological polar surface area (TPSA) is 84.2 Å². The molecular weight excluding hydrogens is 450 g/mol. The Hall–Kier alpha value is -3.45. The SMILES string of the molecule is Cc1ccc(Cl)cc1NC(=O)CCc1nc(N2CCCCC2)c2c(-c3ccccc3)noc2n1. The molecule has 5 rings (SSSR count). The molecule has 0 bridgehead atoms. The van der Waals surface area contributed by atoms with E-state index >= 15 is 0 Å². The average molecular weight is 476 g/mol. The van der Waals surface area contributed by atoms with Crippen molar-refractivity contribution >= 4 is 40.1 Å². The molecule has 1 saturated heterocycles. The van der Waals surface area contributed by atoms with Gasteiger partial charge in [-0.1, -0.05) is 53.2 Å². The molecule has 3 heterocycles. The van der Waals surface area contributed by atoms with Crippen LogP contribution in [0.5, 0.6) is 0 Å². The highest BCUT2D eigenvalue weighted by Crippen LogP contribution is 2.34. The number of nitrogens with zero attached hydrogens (tertiary/aromatic N) is 4. The summed E-state index contributed by atoms with van der Waals surface area (Å²) in [6.07, 6.45) is 4.10. The van der Waals surface area contributed by atoms with Gasteiger partial charge in [0.25, 0.3) is 5.71 Å². The van der Waals surface area contributed by atoms with Crippen LogP contribution in [-0.2, 0) is 11.2 Å². The number of hydrogen-bond acceptors (Lipinski definition) is 6. The summed E-state index contributed by atoms with van der Waals surface area (Å²) in [5.41, 5.74) is 3.84. The van der Waals surface area contributed by atoms with Gasteiger partial charge in [-0.15, -0.1) is 0 Å². The summed E-state index contributed by atoms with van der Waals surface area (Å²) in [6.45, 7) is 3.79. The van der Waals surface area contributed by atoms with Crippen LogP contribution in [0.1, 0.15) is 37.1 Å². The van der Waals surface area contributed by atoms with Gasteiger partial charge in [0, 0.05) is 42.2 Å². The van der Waals surface area contributed by atoms with E-state index in [0.717, 1.165) is 54.0 Å². The zero-order chi connectivity index (χ0) is 23.5. The van der Waals surface area contributed by atoms with Crippen LogP contribution >= 0.6 is 11.6 Å². The van der Waals surface area contributed by atoms with E-state index in [1.165, 1.54) is 6.42 Å². The van der Waals surface area contributed by atoms with Gasteiger partial charge in [0.2, 0.25) is 5.91 Å². The minimum Gasteiger partial charge on any atom is -0.356 e. The normalized spacial score (nSPS) is 13.9. The van der Waals surface area contributed by atoms with Crippen molar-refractivity contribution in [1.82, 2.24) is 15.1 Å². The van der Waals surface area contributed by atoms with Crippen molar-refractivity contribution < 1.29 is 9.32 Å². The maximum absolute atomic E-state index is 12.6. The van der Waals surface area contributed by atoms with E-state index < -0.39 is 0 Å². The number of hydrogen-bond donors (Lipinski definition) is 1. The Balaban J connectivity index is 1.43. The van der Waals surface area contributed by atoms with E-state index in [9.17, 15) is 4.79 Å². The van der Waals surface area contributed by atoms with E-state index in [4.69, 9.17) is 21.1 Å². The van der Waals surface area contributed by atoms with Gasteiger partial charge in [0.15, 0.2) is 0 Å². The molecule has 0 spiro atoms. The predicted octanol–water partition coefficient (Wildman–Crippen LogP) is 5.81. The van der Waals surface area contributed by atoms with Crippen LogP contribution in [0.25, 0.3) is 22.4 Å². The number of carbonyl (C=O) groups excluding carboxylic acids is 1. The number of aromatic nitrogens is 3. The number of piperidine rings is 1. The van der Waals surface area contributed by atoms with Gasteiger partial charge < -0.3 is 14.7 Å². The summed E-state index contributed by atoms with van der Waals surface area (Å²) in [5.74, 6) is 1.30. The van der Waals surface area contributed by atoms with Crippen molar-refractivity contribution in [2.75, 3.05) is 23.3 Å². The van der Waals surface area contributed by atoms with Gasteiger partial charge in [-0.25, -0.2) is 4.98 Å². The zero-order valence-electron chi connectivity index (χ0n) is 19.1. The Morgan fingerprint density at radius 3 is 2.68 bits per heavy atom. The van der Waals surface area contributed by atoms with E-state index in [-0.39, 0.29) is 12.3 Å². The molecule has 8 heteroatoms. The molecule has 2 aromatic carbocycles. The Morgan fingerprint density at radius 2 is 1.88 bits per heavy atom. The lowest BCUT2D eigenvalue weighted by Gasteiger charge is -2.28. The highest BCUT2D eigenvalue weighted by molar-refractivity contribution is 6.31. The van der Waals surface area contributed by atoms with Gasteiger partial charge in [-0.2, -0.15) is 4.98 Å². The minimum absolute atomic E-state index is 0.115. The second-order valence-electron chi connectivity index (χ2n) is 8.60. The largest absolute Gasteiger partial charge is 0.356 e. The van der Waals surface area contributed by atoms with E-state index in [1.807, 2.05) is 43.3 Å². The second kappa shape index (κ2) is 9.81. The van der Waals surface area contributed by atoms with Crippen molar-refractivity contribution in [1.29, 1.82) is 0 Å². The third-order valence-electron chi connectivity index (χ3n) is 6.12. The molecule has 0 atom stereocenters. The number of benzene rings is 2. The highest BCUT2D eigenvalue weighted by Gasteiger charge is 2.24. The van der Waals surface area contributed by atoms with Crippen LogP contribution in [0.3, 0.4) is 0 Å². The number of halogens is 1. The third-order valence-corrected chi connectivity index (χ3v) is 6.35. The number of anilines is 2. The minimum atomic E-state index is -0.115. The fraction of sp³-hybridized carbons (Fsp3) is 0.308. The summed E-state index contributed by atoms with van der Waals surface area (Å²) in [6, 6.07) is 15.4. The zero-order valence-corrected chi connectivity index (χ0v) is 19.8. The van der Waals surface area contributed by atoms with E-state index in [2.05, 4.69) is 20.4 Å². The molecule has 0 unspecified atom stereocenters. The van der Waals surface area contributed by atoms with Crippen LogP contribution in [0.15, 0.2) is 53.1 Å². The molecule has 34 heavy (non-hydrogen) atoms. The van der Waals surface area contributed by atoms with Crippen molar-refractivity contribution in [3.05, 3.63) is 64.9 Å². The van der Waals surface area contributed by atoms with Crippen LogP contribution in [-0.4, -0.2) is 34.1 Å². The predicted molar refractivity (Wildman–Crippen MR) is 134 cm³/mol.